The summed E-state index contributed by atoms with van der Waals surface area (Å²) < 4.78 is 11.0. The van der Waals surface area contributed by atoms with Crippen LogP contribution in [-0.4, -0.2) is 31.7 Å². The lowest BCUT2D eigenvalue weighted by Crippen LogP contribution is -2.48. The van der Waals surface area contributed by atoms with Crippen LogP contribution in [0, 0.1) is 0 Å². The van der Waals surface area contributed by atoms with Gasteiger partial charge in [-0.1, -0.05) is 0 Å². The van der Waals surface area contributed by atoms with Gasteiger partial charge in [0.25, 0.3) is 0 Å². The minimum Gasteiger partial charge on any atom is -0.486 e. The Morgan fingerprint density at radius 2 is 2.00 bits per heavy atom. The van der Waals surface area contributed by atoms with Crippen LogP contribution in [0.1, 0.15) is 12.8 Å². The number of carbonyl (C=O) groups is 1. The summed E-state index contributed by atoms with van der Waals surface area (Å²) in [6, 6.07) is 5.19. The van der Waals surface area contributed by atoms with Gasteiger partial charge in [0, 0.05) is 18.3 Å². The summed E-state index contributed by atoms with van der Waals surface area (Å²) in [5, 5.41) is 0. The van der Waals surface area contributed by atoms with Crippen LogP contribution in [0.4, 0.5) is 5.69 Å². The van der Waals surface area contributed by atoms with Crippen molar-refractivity contribution < 1.29 is 14.3 Å². The minimum absolute atomic E-state index is 0.0158. The van der Waals surface area contributed by atoms with Gasteiger partial charge in [-0.25, -0.2) is 0 Å². The summed E-state index contributed by atoms with van der Waals surface area (Å²) in [5.74, 6) is 1.42. The van der Waals surface area contributed by atoms with Crippen LogP contribution >= 0.6 is 0 Å². The molecule has 0 spiro atoms. The second-order valence-electron chi connectivity index (χ2n) is 4.57. The van der Waals surface area contributed by atoms with Gasteiger partial charge in [0.2, 0.25) is 5.91 Å². The van der Waals surface area contributed by atoms with E-state index in [1.165, 1.54) is 0 Å². The van der Waals surface area contributed by atoms with Gasteiger partial charge in [-0.15, -0.1) is 0 Å². The van der Waals surface area contributed by atoms with E-state index in [0.29, 0.717) is 25.5 Å². The molecule has 1 atom stereocenters. The first-order valence-corrected chi connectivity index (χ1v) is 6.22. The van der Waals surface area contributed by atoms with Gasteiger partial charge in [-0.05, 0) is 25.0 Å². The fourth-order valence-electron chi connectivity index (χ4n) is 2.36. The molecule has 1 amide bonds. The van der Waals surface area contributed by atoms with Gasteiger partial charge in [-0.3, -0.25) is 4.79 Å². The summed E-state index contributed by atoms with van der Waals surface area (Å²) in [6.07, 6.45) is 1.70. The summed E-state index contributed by atoms with van der Waals surface area (Å²) in [4.78, 5) is 13.8. The molecule has 96 valence electrons. The first-order chi connectivity index (χ1) is 8.75. The van der Waals surface area contributed by atoms with E-state index >= 15 is 0 Å². The highest BCUT2D eigenvalue weighted by Gasteiger charge is 2.27. The maximum atomic E-state index is 12.0. The fourth-order valence-corrected chi connectivity index (χ4v) is 2.36. The third kappa shape index (κ3) is 1.90. The molecule has 0 saturated carbocycles. The van der Waals surface area contributed by atoms with Crippen molar-refractivity contribution in [3.05, 3.63) is 18.2 Å². The Bertz CT molecular complexity index is 475. The number of nitrogens with two attached hydrogens (primary N) is 1. The van der Waals surface area contributed by atoms with Gasteiger partial charge >= 0.3 is 0 Å². The topological polar surface area (TPSA) is 64.8 Å². The highest BCUT2D eigenvalue weighted by molar-refractivity contribution is 5.98. The second kappa shape index (κ2) is 4.49. The zero-order chi connectivity index (χ0) is 12.5. The first-order valence-electron chi connectivity index (χ1n) is 6.22. The van der Waals surface area contributed by atoms with Gasteiger partial charge in [0.1, 0.15) is 13.2 Å². The van der Waals surface area contributed by atoms with Crippen molar-refractivity contribution in [1.82, 2.24) is 0 Å². The molecular formula is C13H16N2O3. The van der Waals surface area contributed by atoms with E-state index in [1.807, 2.05) is 18.2 Å². The average Bonchev–Trinajstić information content (AvgIpc) is 2.41. The molecule has 2 aliphatic heterocycles. The molecule has 1 aromatic rings. The van der Waals surface area contributed by atoms with E-state index in [-0.39, 0.29) is 11.9 Å². The van der Waals surface area contributed by atoms with Crippen molar-refractivity contribution in [2.75, 3.05) is 24.7 Å². The highest BCUT2D eigenvalue weighted by Crippen LogP contribution is 2.34. The molecule has 0 radical (unpaired) electrons. The Morgan fingerprint density at radius 3 is 2.83 bits per heavy atom. The van der Waals surface area contributed by atoms with E-state index in [0.717, 1.165) is 24.3 Å². The predicted octanol–water partition coefficient (Wildman–Crippen LogP) is 0.912. The van der Waals surface area contributed by atoms with Gasteiger partial charge in [0.05, 0.1) is 6.04 Å². The standard InChI is InChI=1S/C13H16N2O3/c14-10-2-1-5-15(13(10)16)9-3-4-11-12(8-9)18-7-6-17-11/h3-4,8,10H,1-2,5-7,14H2. The zero-order valence-corrected chi connectivity index (χ0v) is 10.1. The number of ether oxygens (including phenoxy) is 2. The summed E-state index contributed by atoms with van der Waals surface area (Å²) in [6.45, 7) is 1.83. The van der Waals surface area contributed by atoms with Gasteiger partial charge < -0.3 is 20.1 Å². The zero-order valence-electron chi connectivity index (χ0n) is 10.1. The van der Waals surface area contributed by atoms with Crippen molar-refractivity contribution in [3.8, 4) is 11.5 Å². The van der Waals surface area contributed by atoms with E-state index in [1.54, 1.807) is 4.90 Å². The molecule has 2 heterocycles. The molecule has 0 aliphatic carbocycles. The number of hydrogen-bond donors (Lipinski definition) is 1. The molecule has 1 saturated heterocycles. The molecule has 5 nitrogen and oxygen atoms in total. The molecule has 0 aromatic heterocycles. The van der Waals surface area contributed by atoms with E-state index in [4.69, 9.17) is 15.2 Å². The molecule has 1 unspecified atom stereocenters. The molecule has 2 N–H and O–H groups in total. The quantitative estimate of drug-likeness (QED) is 0.802. The highest BCUT2D eigenvalue weighted by atomic mass is 16.6. The van der Waals surface area contributed by atoms with Crippen molar-refractivity contribution in [1.29, 1.82) is 0 Å². The molecule has 0 bridgehead atoms. The van der Waals surface area contributed by atoms with Gasteiger partial charge in [0.15, 0.2) is 11.5 Å². The molecule has 1 aromatic carbocycles. The third-order valence-corrected chi connectivity index (χ3v) is 3.32. The third-order valence-electron chi connectivity index (χ3n) is 3.32. The number of hydrogen-bond acceptors (Lipinski definition) is 4. The smallest absolute Gasteiger partial charge is 0.243 e. The van der Waals surface area contributed by atoms with Crippen molar-refractivity contribution in [2.45, 2.75) is 18.9 Å². The maximum Gasteiger partial charge on any atom is 0.243 e. The number of rotatable bonds is 1. The number of carbonyl (C=O) groups excluding carboxylic acids is 1. The van der Waals surface area contributed by atoms with E-state index in [9.17, 15) is 4.79 Å². The SMILES string of the molecule is NC1CCCN(c2ccc3c(c2)OCCO3)C1=O. The molecule has 5 heteroatoms. The summed E-state index contributed by atoms with van der Waals surface area (Å²) in [5.41, 5.74) is 6.63. The Kier molecular flexibility index (Phi) is 2.83. The fraction of sp³-hybridized carbons (Fsp3) is 0.462. The maximum absolute atomic E-state index is 12.0. The molecule has 1 fully saturated rings. The number of benzene rings is 1. The number of amides is 1. The Balaban J connectivity index is 1.89. The number of anilines is 1. The van der Waals surface area contributed by atoms with Gasteiger partial charge in [-0.2, -0.15) is 0 Å². The molecule has 18 heavy (non-hydrogen) atoms. The summed E-state index contributed by atoms with van der Waals surface area (Å²) >= 11 is 0. The second-order valence-corrected chi connectivity index (χ2v) is 4.57. The lowest BCUT2D eigenvalue weighted by Gasteiger charge is -2.31. The molecular weight excluding hydrogens is 232 g/mol. The Labute approximate surface area is 105 Å². The van der Waals surface area contributed by atoms with Crippen LogP contribution in [0.25, 0.3) is 0 Å². The van der Waals surface area contributed by atoms with Crippen LogP contribution in [0.5, 0.6) is 11.5 Å². The Hall–Kier alpha value is -1.75. The first kappa shape index (κ1) is 11.3. The van der Waals surface area contributed by atoms with Crippen molar-refractivity contribution in [2.24, 2.45) is 5.73 Å². The van der Waals surface area contributed by atoms with Crippen LogP contribution in [0.15, 0.2) is 18.2 Å². The minimum atomic E-state index is -0.382. The van der Waals surface area contributed by atoms with Crippen LogP contribution < -0.4 is 20.1 Å². The number of nitrogens with zero attached hydrogens (tertiary/aromatic N) is 1. The number of fused-ring (bicyclic) bond motifs is 1. The van der Waals surface area contributed by atoms with Crippen LogP contribution in [-0.2, 0) is 4.79 Å². The largest absolute Gasteiger partial charge is 0.486 e. The average molecular weight is 248 g/mol. The lowest BCUT2D eigenvalue weighted by molar-refractivity contribution is -0.120. The summed E-state index contributed by atoms with van der Waals surface area (Å²) in [7, 11) is 0. The molecule has 2 aliphatic rings. The van der Waals surface area contributed by atoms with E-state index < -0.39 is 0 Å². The van der Waals surface area contributed by atoms with Crippen LogP contribution in [0.2, 0.25) is 0 Å². The van der Waals surface area contributed by atoms with E-state index in [2.05, 4.69) is 0 Å². The Morgan fingerprint density at radius 1 is 1.22 bits per heavy atom. The monoisotopic (exact) mass is 248 g/mol. The van der Waals surface area contributed by atoms with Crippen molar-refractivity contribution in [3.63, 3.8) is 0 Å². The number of piperidine rings is 1. The predicted molar refractivity (Wildman–Crippen MR) is 67.0 cm³/mol. The normalized spacial score (nSPS) is 23.1. The van der Waals surface area contributed by atoms with Crippen molar-refractivity contribution >= 4 is 11.6 Å². The molecule has 3 rings (SSSR count). The lowest BCUT2D eigenvalue weighted by atomic mass is 10.0. The van der Waals surface area contributed by atoms with Crippen LogP contribution in [0.3, 0.4) is 0 Å².